The number of halogens is 2. The summed E-state index contributed by atoms with van der Waals surface area (Å²) in [7, 11) is 0. The molecule has 3 aromatic rings. The number of carbonyl (C=O) groups excluding carboxylic acids is 1. The molecule has 0 atom stereocenters. The molecule has 0 fully saturated rings. The Balaban J connectivity index is 1.48. The smallest absolute Gasteiger partial charge is 0.257 e. The van der Waals surface area contributed by atoms with E-state index in [4.69, 9.17) is 11.6 Å². The Kier molecular flexibility index (Phi) is 4.77. The van der Waals surface area contributed by atoms with Crippen molar-refractivity contribution < 1.29 is 9.18 Å². The number of aromatic nitrogens is 2. The lowest BCUT2D eigenvalue weighted by molar-refractivity contribution is 0.0773. The molecule has 0 saturated carbocycles. The molecule has 2 heterocycles. The van der Waals surface area contributed by atoms with Crippen LogP contribution in [0.15, 0.2) is 67.0 Å². The van der Waals surface area contributed by atoms with Crippen LogP contribution in [0.5, 0.6) is 0 Å². The number of para-hydroxylation sites is 1. The zero-order chi connectivity index (χ0) is 18.8. The first-order chi connectivity index (χ1) is 13.1. The van der Waals surface area contributed by atoms with E-state index in [1.807, 2.05) is 24.3 Å². The Hall–Kier alpha value is -2.92. The summed E-state index contributed by atoms with van der Waals surface area (Å²) < 4.78 is 14.7. The summed E-state index contributed by atoms with van der Waals surface area (Å²) >= 11 is 6.19. The topological polar surface area (TPSA) is 38.1 Å². The van der Waals surface area contributed by atoms with Gasteiger partial charge in [0, 0.05) is 19.3 Å². The van der Waals surface area contributed by atoms with Gasteiger partial charge in [0.2, 0.25) is 0 Å². The third-order valence-electron chi connectivity index (χ3n) is 4.64. The quantitative estimate of drug-likeness (QED) is 0.665. The highest BCUT2D eigenvalue weighted by molar-refractivity contribution is 6.32. The van der Waals surface area contributed by atoms with E-state index in [-0.39, 0.29) is 11.7 Å². The van der Waals surface area contributed by atoms with Crippen LogP contribution in [0.1, 0.15) is 22.3 Å². The van der Waals surface area contributed by atoms with Crippen LogP contribution in [0.25, 0.3) is 11.3 Å². The Labute approximate surface area is 161 Å². The molecule has 0 aliphatic carbocycles. The molecule has 2 aromatic carbocycles. The maximum absolute atomic E-state index is 13.1. The Bertz CT molecular complexity index is 1010. The molecule has 0 bridgehead atoms. The van der Waals surface area contributed by atoms with Crippen LogP contribution in [0.2, 0.25) is 5.02 Å². The highest BCUT2D eigenvalue weighted by atomic mass is 35.5. The van der Waals surface area contributed by atoms with Gasteiger partial charge >= 0.3 is 0 Å². The molecule has 1 aromatic heterocycles. The third-order valence-corrected chi connectivity index (χ3v) is 4.96. The zero-order valence-corrected chi connectivity index (χ0v) is 15.2. The number of benzene rings is 2. The molecular weight excluding hydrogens is 365 g/mol. The molecular formula is C21H17ClFN3O. The number of rotatable bonds is 3. The lowest BCUT2D eigenvalue weighted by atomic mass is 9.99. The molecule has 0 spiro atoms. The normalized spacial score (nSPS) is 14.1. The van der Waals surface area contributed by atoms with Crippen LogP contribution in [-0.4, -0.2) is 33.7 Å². The van der Waals surface area contributed by atoms with E-state index >= 15 is 0 Å². The standard InChI is InChI=1S/C21H17ClFN3O/c22-19-3-1-2-4-20(19)26-14-17(13-24-26)21(27)25-11-9-16(10-12-25)15-5-7-18(23)8-6-15/h1-9,13-14H,10-12H2. The fourth-order valence-electron chi connectivity index (χ4n) is 3.16. The summed E-state index contributed by atoms with van der Waals surface area (Å²) in [5.41, 5.74) is 3.38. The molecule has 6 heteroatoms. The number of nitrogens with zero attached hydrogens (tertiary/aromatic N) is 3. The summed E-state index contributed by atoms with van der Waals surface area (Å²) in [5.74, 6) is -0.315. The third kappa shape index (κ3) is 3.64. The van der Waals surface area contributed by atoms with E-state index in [1.165, 1.54) is 12.1 Å². The monoisotopic (exact) mass is 381 g/mol. The molecule has 4 rings (SSSR count). The molecule has 136 valence electrons. The molecule has 0 radical (unpaired) electrons. The van der Waals surface area contributed by atoms with E-state index in [9.17, 15) is 9.18 Å². The van der Waals surface area contributed by atoms with Gasteiger partial charge in [0.15, 0.2) is 0 Å². The van der Waals surface area contributed by atoms with Gasteiger partial charge in [0.05, 0.1) is 22.5 Å². The van der Waals surface area contributed by atoms with Gasteiger partial charge in [-0.3, -0.25) is 4.79 Å². The van der Waals surface area contributed by atoms with Crippen molar-refractivity contribution in [2.24, 2.45) is 0 Å². The van der Waals surface area contributed by atoms with Crippen LogP contribution in [0, 0.1) is 5.82 Å². The lowest BCUT2D eigenvalue weighted by Crippen LogP contribution is -2.34. The number of hydrogen-bond donors (Lipinski definition) is 0. The van der Waals surface area contributed by atoms with E-state index in [0.717, 1.165) is 23.2 Å². The molecule has 0 N–H and O–H groups in total. The van der Waals surface area contributed by atoms with Gasteiger partial charge in [-0.15, -0.1) is 0 Å². The summed E-state index contributed by atoms with van der Waals surface area (Å²) in [5, 5.41) is 4.84. The van der Waals surface area contributed by atoms with Crippen molar-refractivity contribution >= 4 is 23.1 Å². The van der Waals surface area contributed by atoms with Crippen molar-refractivity contribution in [1.29, 1.82) is 0 Å². The average Bonchev–Trinajstić information content (AvgIpc) is 3.18. The van der Waals surface area contributed by atoms with Crippen molar-refractivity contribution in [3.05, 3.63) is 89.0 Å². The molecule has 0 saturated heterocycles. The Morgan fingerprint density at radius 1 is 1.11 bits per heavy atom. The minimum absolute atomic E-state index is 0.0669. The van der Waals surface area contributed by atoms with Gasteiger partial charge in [-0.25, -0.2) is 9.07 Å². The van der Waals surface area contributed by atoms with Gasteiger partial charge in [-0.1, -0.05) is 41.9 Å². The number of hydrogen-bond acceptors (Lipinski definition) is 2. The van der Waals surface area contributed by atoms with Crippen LogP contribution in [0.3, 0.4) is 0 Å². The first kappa shape index (κ1) is 17.5. The van der Waals surface area contributed by atoms with E-state index < -0.39 is 0 Å². The second-order valence-corrected chi connectivity index (χ2v) is 6.77. The largest absolute Gasteiger partial charge is 0.334 e. The van der Waals surface area contributed by atoms with Crippen molar-refractivity contribution in [3.8, 4) is 5.69 Å². The van der Waals surface area contributed by atoms with E-state index in [0.29, 0.717) is 23.7 Å². The molecule has 1 aliphatic rings. The van der Waals surface area contributed by atoms with Gasteiger partial charge in [0.1, 0.15) is 5.82 Å². The van der Waals surface area contributed by atoms with Crippen molar-refractivity contribution in [2.75, 3.05) is 13.1 Å². The summed E-state index contributed by atoms with van der Waals surface area (Å²) in [4.78, 5) is 14.6. The minimum atomic E-state index is -0.248. The highest BCUT2D eigenvalue weighted by Gasteiger charge is 2.21. The molecule has 0 unspecified atom stereocenters. The zero-order valence-electron chi connectivity index (χ0n) is 14.5. The summed E-state index contributed by atoms with van der Waals surface area (Å²) in [6.07, 6.45) is 6.01. The van der Waals surface area contributed by atoms with Gasteiger partial charge < -0.3 is 4.90 Å². The molecule has 27 heavy (non-hydrogen) atoms. The molecule has 4 nitrogen and oxygen atoms in total. The van der Waals surface area contributed by atoms with Crippen molar-refractivity contribution in [3.63, 3.8) is 0 Å². The molecule has 1 amide bonds. The first-order valence-corrected chi connectivity index (χ1v) is 9.03. The average molecular weight is 382 g/mol. The predicted octanol–water partition coefficient (Wildman–Crippen LogP) is 4.59. The maximum atomic E-state index is 13.1. The minimum Gasteiger partial charge on any atom is -0.334 e. The first-order valence-electron chi connectivity index (χ1n) is 8.65. The second-order valence-electron chi connectivity index (χ2n) is 6.36. The van der Waals surface area contributed by atoms with Crippen molar-refractivity contribution in [1.82, 2.24) is 14.7 Å². The van der Waals surface area contributed by atoms with Crippen LogP contribution in [0.4, 0.5) is 4.39 Å². The fourth-order valence-corrected chi connectivity index (χ4v) is 3.39. The van der Waals surface area contributed by atoms with Gasteiger partial charge in [0.25, 0.3) is 5.91 Å². The maximum Gasteiger partial charge on any atom is 0.257 e. The van der Waals surface area contributed by atoms with E-state index in [2.05, 4.69) is 5.10 Å². The van der Waals surface area contributed by atoms with E-state index in [1.54, 1.807) is 40.2 Å². The molecule has 1 aliphatic heterocycles. The number of amides is 1. The van der Waals surface area contributed by atoms with Gasteiger partial charge in [-0.05, 0) is 41.8 Å². The van der Waals surface area contributed by atoms with Crippen LogP contribution >= 0.6 is 11.6 Å². The SMILES string of the molecule is O=C(c1cnn(-c2ccccc2Cl)c1)N1CC=C(c2ccc(F)cc2)CC1. The van der Waals surface area contributed by atoms with Crippen molar-refractivity contribution in [2.45, 2.75) is 6.42 Å². The van der Waals surface area contributed by atoms with Gasteiger partial charge in [-0.2, -0.15) is 5.10 Å². The lowest BCUT2D eigenvalue weighted by Gasteiger charge is -2.26. The highest BCUT2D eigenvalue weighted by Crippen LogP contribution is 2.24. The van der Waals surface area contributed by atoms with Crippen LogP contribution in [-0.2, 0) is 0 Å². The Morgan fingerprint density at radius 2 is 1.89 bits per heavy atom. The Morgan fingerprint density at radius 3 is 2.59 bits per heavy atom. The number of carbonyl (C=O) groups is 1. The fraction of sp³-hybridized carbons (Fsp3) is 0.143. The summed E-state index contributed by atoms with van der Waals surface area (Å²) in [6, 6.07) is 13.8. The second kappa shape index (κ2) is 7.37. The predicted molar refractivity (Wildman–Crippen MR) is 103 cm³/mol. The summed E-state index contributed by atoms with van der Waals surface area (Å²) in [6.45, 7) is 1.13. The van der Waals surface area contributed by atoms with Crippen LogP contribution < -0.4 is 0 Å².